The van der Waals surface area contributed by atoms with Crippen molar-refractivity contribution in [3.63, 3.8) is 0 Å². The summed E-state index contributed by atoms with van der Waals surface area (Å²) in [4.78, 5) is 0. The van der Waals surface area contributed by atoms with Crippen LogP contribution in [0, 0.1) is 6.92 Å². The Morgan fingerprint density at radius 1 is 1.33 bits per heavy atom. The van der Waals surface area contributed by atoms with Crippen LogP contribution >= 0.6 is 15.9 Å². The number of aryl methyl sites for hydroxylation is 1. The molecule has 0 aliphatic rings. The molecule has 2 unspecified atom stereocenters. The lowest BCUT2D eigenvalue weighted by Gasteiger charge is -2.22. The topological polar surface area (TPSA) is 21.3 Å². The van der Waals surface area contributed by atoms with Gasteiger partial charge in [-0.3, -0.25) is 0 Å². The zero-order valence-corrected chi connectivity index (χ0v) is 11.3. The average molecular weight is 272 g/mol. The predicted molar refractivity (Wildman–Crippen MR) is 68.4 cm³/mol. The molecule has 2 atom stereocenters. The van der Waals surface area contributed by atoms with Gasteiger partial charge in [0.2, 0.25) is 0 Å². The molecule has 1 aromatic carbocycles. The molecule has 0 heterocycles. The first-order chi connectivity index (χ1) is 7.04. The summed E-state index contributed by atoms with van der Waals surface area (Å²) in [6.45, 7) is 6.26. The first-order valence-electron chi connectivity index (χ1n) is 5.10. The Bertz CT molecular complexity index is 327. The fourth-order valence-electron chi connectivity index (χ4n) is 1.32. The van der Waals surface area contributed by atoms with E-state index in [1.54, 1.807) is 7.11 Å². The van der Waals surface area contributed by atoms with Crippen LogP contribution in [0.3, 0.4) is 0 Å². The SMILES string of the molecule is COC(C)C(C)Nc1cc(C)ccc1Br. The fraction of sp³-hybridized carbons (Fsp3) is 0.500. The molecule has 0 radical (unpaired) electrons. The Labute approximate surface area is 100 Å². The van der Waals surface area contributed by atoms with Crippen LogP contribution < -0.4 is 5.32 Å². The van der Waals surface area contributed by atoms with Crippen LogP contribution in [0.4, 0.5) is 5.69 Å². The fourth-order valence-corrected chi connectivity index (χ4v) is 1.68. The van der Waals surface area contributed by atoms with Crippen LogP contribution in [0.15, 0.2) is 22.7 Å². The van der Waals surface area contributed by atoms with E-state index in [4.69, 9.17) is 4.74 Å². The van der Waals surface area contributed by atoms with Gasteiger partial charge in [-0.15, -0.1) is 0 Å². The van der Waals surface area contributed by atoms with Crippen LogP contribution in [0.1, 0.15) is 19.4 Å². The molecule has 1 rings (SSSR count). The molecule has 0 saturated heterocycles. The number of halogens is 1. The highest BCUT2D eigenvalue weighted by Crippen LogP contribution is 2.24. The minimum atomic E-state index is 0.192. The van der Waals surface area contributed by atoms with Crippen molar-refractivity contribution in [2.45, 2.75) is 32.9 Å². The van der Waals surface area contributed by atoms with E-state index in [-0.39, 0.29) is 12.1 Å². The smallest absolute Gasteiger partial charge is 0.0741 e. The Hall–Kier alpha value is -0.540. The normalized spacial score (nSPS) is 14.7. The van der Waals surface area contributed by atoms with Crippen molar-refractivity contribution < 1.29 is 4.74 Å². The Morgan fingerprint density at radius 3 is 2.60 bits per heavy atom. The summed E-state index contributed by atoms with van der Waals surface area (Å²) in [5.41, 5.74) is 2.37. The standard InChI is InChI=1S/C12H18BrNO/c1-8-5-6-11(13)12(7-8)14-9(2)10(3)15-4/h5-7,9-10,14H,1-4H3. The molecule has 0 aliphatic carbocycles. The van der Waals surface area contributed by atoms with Crippen molar-refractivity contribution in [2.24, 2.45) is 0 Å². The van der Waals surface area contributed by atoms with Crippen molar-refractivity contribution in [3.8, 4) is 0 Å². The first-order valence-corrected chi connectivity index (χ1v) is 5.89. The van der Waals surface area contributed by atoms with Crippen LogP contribution in [0.25, 0.3) is 0 Å². The van der Waals surface area contributed by atoms with E-state index in [1.165, 1.54) is 5.56 Å². The molecule has 1 N–H and O–H groups in total. The summed E-state index contributed by atoms with van der Waals surface area (Å²) in [7, 11) is 1.73. The third kappa shape index (κ3) is 3.50. The molecule has 3 heteroatoms. The maximum atomic E-state index is 5.28. The van der Waals surface area contributed by atoms with Crippen LogP contribution in [0.2, 0.25) is 0 Å². The van der Waals surface area contributed by atoms with Gasteiger partial charge in [-0.05, 0) is 54.4 Å². The van der Waals surface area contributed by atoms with Crippen LogP contribution in [-0.4, -0.2) is 19.3 Å². The maximum absolute atomic E-state index is 5.28. The van der Waals surface area contributed by atoms with Crippen molar-refractivity contribution in [1.29, 1.82) is 0 Å². The summed E-state index contributed by atoms with van der Waals surface area (Å²) in [6, 6.07) is 6.55. The summed E-state index contributed by atoms with van der Waals surface area (Å²) in [5.74, 6) is 0. The van der Waals surface area contributed by atoms with Crippen LogP contribution in [0.5, 0.6) is 0 Å². The summed E-state index contributed by atoms with van der Waals surface area (Å²) >= 11 is 3.53. The molecule has 0 spiro atoms. The highest BCUT2D eigenvalue weighted by Gasteiger charge is 2.11. The van der Waals surface area contributed by atoms with Gasteiger partial charge >= 0.3 is 0 Å². The number of ether oxygens (including phenoxy) is 1. The third-order valence-electron chi connectivity index (χ3n) is 2.58. The lowest BCUT2D eigenvalue weighted by Crippen LogP contribution is -2.29. The van der Waals surface area contributed by atoms with Crippen molar-refractivity contribution in [3.05, 3.63) is 28.2 Å². The van der Waals surface area contributed by atoms with E-state index in [9.17, 15) is 0 Å². The Kier molecular flexibility index (Phi) is 4.61. The molecule has 0 amide bonds. The van der Waals surface area contributed by atoms with E-state index in [0.29, 0.717) is 0 Å². The molecule has 0 aliphatic heterocycles. The van der Waals surface area contributed by atoms with E-state index in [0.717, 1.165) is 10.2 Å². The maximum Gasteiger partial charge on any atom is 0.0741 e. The second-order valence-corrected chi connectivity index (χ2v) is 4.71. The van der Waals surface area contributed by atoms with Gasteiger partial charge in [0.05, 0.1) is 6.10 Å². The largest absolute Gasteiger partial charge is 0.380 e. The van der Waals surface area contributed by atoms with E-state index in [2.05, 4.69) is 60.2 Å². The predicted octanol–water partition coefficient (Wildman–Crippen LogP) is 3.59. The second-order valence-electron chi connectivity index (χ2n) is 3.86. The number of hydrogen-bond acceptors (Lipinski definition) is 2. The Balaban J connectivity index is 2.75. The number of benzene rings is 1. The van der Waals surface area contributed by atoms with E-state index in [1.807, 2.05) is 0 Å². The first kappa shape index (κ1) is 12.5. The summed E-state index contributed by atoms with van der Waals surface area (Å²) in [6.07, 6.45) is 0.192. The van der Waals surface area contributed by atoms with E-state index < -0.39 is 0 Å². The van der Waals surface area contributed by atoms with Gasteiger partial charge < -0.3 is 10.1 Å². The van der Waals surface area contributed by atoms with Gasteiger partial charge in [-0.1, -0.05) is 6.07 Å². The number of methoxy groups -OCH3 is 1. The molecule has 84 valence electrons. The molecular formula is C12H18BrNO. The number of anilines is 1. The highest BCUT2D eigenvalue weighted by atomic mass is 79.9. The lowest BCUT2D eigenvalue weighted by atomic mass is 10.1. The minimum absolute atomic E-state index is 0.192. The average Bonchev–Trinajstić information content (AvgIpc) is 2.22. The van der Waals surface area contributed by atoms with Gasteiger partial charge in [0.25, 0.3) is 0 Å². The number of hydrogen-bond donors (Lipinski definition) is 1. The van der Waals surface area contributed by atoms with Crippen molar-refractivity contribution in [1.82, 2.24) is 0 Å². The zero-order valence-electron chi connectivity index (χ0n) is 9.67. The molecule has 15 heavy (non-hydrogen) atoms. The molecule has 0 saturated carbocycles. The molecule has 0 aromatic heterocycles. The van der Waals surface area contributed by atoms with Crippen LogP contribution in [-0.2, 0) is 4.74 Å². The monoisotopic (exact) mass is 271 g/mol. The zero-order chi connectivity index (χ0) is 11.4. The number of rotatable bonds is 4. The highest BCUT2D eigenvalue weighted by molar-refractivity contribution is 9.10. The molecule has 0 fully saturated rings. The Morgan fingerprint density at radius 2 is 2.00 bits per heavy atom. The minimum Gasteiger partial charge on any atom is -0.380 e. The van der Waals surface area contributed by atoms with Gasteiger partial charge in [-0.2, -0.15) is 0 Å². The summed E-state index contributed by atoms with van der Waals surface area (Å²) in [5, 5.41) is 3.43. The van der Waals surface area contributed by atoms with E-state index >= 15 is 0 Å². The molecular weight excluding hydrogens is 254 g/mol. The lowest BCUT2D eigenvalue weighted by molar-refractivity contribution is 0.106. The molecule has 0 bridgehead atoms. The molecule has 2 nitrogen and oxygen atoms in total. The molecule has 1 aromatic rings. The second kappa shape index (κ2) is 5.52. The van der Waals surface area contributed by atoms with Gasteiger partial charge in [0, 0.05) is 23.3 Å². The van der Waals surface area contributed by atoms with Gasteiger partial charge in [0.1, 0.15) is 0 Å². The number of nitrogens with one attached hydrogen (secondary N) is 1. The van der Waals surface area contributed by atoms with Gasteiger partial charge in [-0.25, -0.2) is 0 Å². The quantitative estimate of drug-likeness (QED) is 0.904. The van der Waals surface area contributed by atoms with Crippen molar-refractivity contribution >= 4 is 21.6 Å². The van der Waals surface area contributed by atoms with Gasteiger partial charge in [0.15, 0.2) is 0 Å². The summed E-state index contributed by atoms with van der Waals surface area (Å²) < 4.78 is 6.36. The third-order valence-corrected chi connectivity index (χ3v) is 3.27. The van der Waals surface area contributed by atoms with Crippen molar-refractivity contribution in [2.75, 3.05) is 12.4 Å².